The first-order valence-electron chi connectivity index (χ1n) is 6.12. The fourth-order valence-corrected chi connectivity index (χ4v) is 2.49. The Morgan fingerprint density at radius 1 is 1.00 bits per heavy atom. The summed E-state index contributed by atoms with van der Waals surface area (Å²) in [6, 6.07) is 15.7. The molecule has 4 heteroatoms. The molecule has 0 aliphatic rings. The van der Waals surface area contributed by atoms with Crippen LogP contribution in [0.2, 0.25) is 10.0 Å². The maximum absolute atomic E-state index is 6.02. The minimum absolute atomic E-state index is 0.0383. The summed E-state index contributed by atoms with van der Waals surface area (Å²) >= 11 is 12.0. The molecule has 0 amide bonds. The first-order chi connectivity index (χ1) is 9.19. The zero-order valence-corrected chi connectivity index (χ0v) is 12.0. The summed E-state index contributed by atoms with van der Waals surface area (Å²) in [7, 11) is 0. The van der Waals surface area contributed by atoms with Gasteiger partial charge < -0.3 is 11.1 Å². The Kier molecular flexibility index (Phi) is 5.23. The lowest BCUT2D eigenvalue weighted by Gasteiger charge is -2.18. The van der Waals surface area contributed by atoms with E-state index in [9.17, 15) is 0 Å². The van der Waals surface area contributed by atoms with E-state index in [4.69, 9.17) is 28.9 Å². The third kappa shape index (κ3) is 4.22. The van der Waals surface area contributed by atoms with Gasteiger partial charge in [-0.3, -0.25) is 0 Å². The normalized spacial score (nSPS) is 12.4. The third-order valence-corrected chi connectivity index (χ3v) is 3.35. The average Bonchev–Trinajstić information content (AvgIpc) is 2.39. The van der Waals surface area contributed by atoms with Gasteiger partial charge in [0, 0.05) is 29.2 Å². The zero-order valence-electron chi connectivity index (χ0n) is 10.4. The van der Waals surface area contributed by atoms with Crippen LogP contribution < -0.4 is 11.1 Å². The minimum atomic E-state index is 0.0383. The quantitative estimate of drug-likeness (QED) is 0.881. The second kappa shape index (κ2) is 6.92. The maximum atomic E-state index is 6.02. The average molecular weight is 295 g/mol. The van der Waals surface area contributed by atoms with Crippen LogP contribution in [0.4, 0.5) is 0 Å². The molecule has 2 nitrogen and oxygen atoms in total. The van der Waals surface area contributed by atoms with Crippen molar-refractivity contribution in [3.63, 3.8) is 0 Å². The van der Waals surface area contributed by atoms with E-state index in [1.165, 1.54) is 5.56 Å². The van der Waals surface area contributed by atoms with Gasteiger partial charge in [-0.1, -0.05) is 53.5 Å². The van der Waals surface area contributed by atoms with Crippen molar-refractivity contribution in [1.82, 2.24) is 5.32 Å². The van der Waals surface area contributed by atoms with Crippen molar-refractivity contribution in [3.05, 3.63) is 69.7 Å². The van der Waals surface area contributed by atoms with E-state index in [0.717, 1.165) is 12.1 Å². The molecule has 0 aliphatic carbocycles. The predicted octanol–water partition coefficient (Wildman–Crippen LogP) is 3.78. The number of rotatable bonds is 5. The summed E-state index contributed by atoms with van der Waals surface area (Å²) in [6.45, 7) is 1.25. The number of halogens is 2. The van der Waals surface area contributed by atoms with E-state index in [-0.39, 0.29) is 6.04 Å². The predicted molar refractivity (Wildman–Crippen MR) is 81.5 cm³/mol. The molecule has 2 rings (SSSR count). The maximum Gasteiger partial charge on any atom is 0.0448 e. The van der Waals surface area contributed by atoms with Crippen LogP contribution in [0.15, 0.2) is 48.5 Å². The first-order valence-corrected chi connectivity index (χ1v) is 6.88. The molecule has 19 heavy (non-hydrogen) atoms. The molecular formula is C15H16Cl2N2. The fraction of sp³-hybridized carbons (Fsp3) is 0.200. The molecule has 1 atom stereocenters. The summed E-state index contributed by atoms with van der Waals surface area (Å²) in [4.78, 5) is 0. The summed E-state index contributed by atoms with van der Waals surface area (Å²) in [5, 5.41) is 4.67. The van der Waals surface area contributed by atoms with Crippen LogP contribution in [0.3, 0.4) is 0 Å². The van der Waals surface area contributed by atoms with Gasteiger partial charge in [0.2, 0.25) is 0 Å². The van der Waals surface area contributed by atoms with Gasteiger partial charge in [-0.05, 0) is 29.3 Å². The Balaban J connectivity index is 2.07. The highest BCUT2D eigenvalue weighted by atomic mass is 35.5. The Morgan fingerprint density at radius 3 is 2.21 bits per heavy atom. The number of hydrogen-bond acceptors (Lipinski definition) is 2. The van der Waals surface area contributed by atoms with Crippen molar-refractivity contribution in [3.8, 4) is 0 Å². The van der Waals surface area contributed by atoms with Gasteiger partial charge in [-0.2, -0.15) is 0 Å². The monoisotopic (exact) mass is 294 g/mol. The molecule has 0 fully saturated rings. The second-order valence-electron chi connectivity index (χ2n) is 4.36. The van der Waals surface area contributed by atoms with Crippen LogP contribution >= 0.6 is 23.2 Å². The molecule has 2 aromatic rings. The van der Waals surface area contributed by atoms with E-state index < -0.39 is 0 Å². The lowest BCUT2D eigenvalue weighted by Crippen LogP contribution is -2.27. The Hall–Kier alpha value is -1.06. The Morgan fingerprint density at radius 2 is 1.63 bits per heavy atom. The second-order valence-corrected chi connectivity index (χ2v) is 5.23. The zero-order chi connectivity index (χ0) is 13.7. The number of benzene rings is 2. The standard InChI is InChI=1S/C15H16Cl2N2/c16-13-6-12(7-14(17)8-13)15(9-18)19-10-11-4-2-1-3-5-11/h1-8,15,19H,9-10,18H2. The van der Waals surface area contributed by atoms with Crippen LogP contribution in [0.5, 0.6) is 0 Å². The summed E-state index contributed by atoms with van der Waals surface area (Å²) < 4.78 is 0. The molecule has 0 saturated heterocycles. The Labute approximate surface area is 123 Å². The molecule has 1 unspecified atom stereocenters. The van der Waals surface area contributed by atoms with Crippen molar-refractivity contribution in [1.29, 1.82) is 0 Å². The van der Waals surface area contributed by atoms with Gasteiger partial charge >= 0.3 is 0 Å². The number of nitrogens with one attached hydrogen (secondary N) is 1. The van der Waals surface area contributed by atoms with Gasteiger partial charge in [0.15, 0.2) is 0 Å². The van der Waals surface area contributed by atoms with E-state index >= 15 is 0 Å². The molecule has 0 radical (unpaired) electrons. The molecule has 0 bridgehead atoms. The van der Waals surface area contributed by atoms with Gasteiger partial charge in [0.05, 0.1) is 0 Å². The van der Waals surface area contributed by atoms with Gasteiger partial charge in [-0.25, -0.2) is 0 Å². The van der Waals surface area contributed by atoms with Crippen LogP contribution in [0.25, 0.3) is 0 Å². The molecule has 0 saturated carbocycles. The smallest absolute Gasteiger partial charge is 0.0448 e. The summed E-state index contributed by atoms with van der Waals surface area (Å²) in [5.74, 6) is 0. The van der Waals surface area contributed by atoms with Crippen molar-refractivity contribution >= 4 is 23.2 Å². The summed E-state index contributed by atoms with van der Waals surface area (Å²) in [6.07, 6.45) is 0. The topological polar surface area (TPSA) is 38.0 Å². The number of nitrogens with two attached hydrogens (primary N) is 1. The van der Waals surface area contributed by atoms with Crippen molar-refractivity contribution < 1.29 is 0 Å². The summed E-state index contributed by atoms with van der Waals surface area (Å²) in [5.41, 5.74) is 8.05. The van der Waals surface area contributed by atoms with E-state index in [1.54, 1.807) is 6.07 Å². The molecule has 0 spiro atoms. The van der Waals surface area contributed by atoms with Crippen LogP contribution in [-0.4, -0.2) is 6.54 Å². The highest BCUT2D eigenvalue weighted by molar-refractivity contribution is 6.34. The van der Waals surface area contributed by atoms with Crippen LogP contribution in [-0.2, 0) is 6.54 Å². The lowest BCUT2D eigenvalue weighted by molar-refractivity contribution is 0.542. The molecule has 0 heterocycles. The molecule has 100 valence electrons. The van der Waals surface area contributed by atoms with Gasteiger partial charge in [0.1, 0.15) is 0 Å². The van der Waals surface area contributed by atoms with E-state index in [2.05, 4.69) is 17.4 Å². The highest BCUT2D eigenvalue weighted by Crippen LogP contribution is 2.23. The molecule has 2 aromatic carbocycles. The minimum Gasteiger partial charge on any atom is -0.329 e. The first kappa shape index (κ1) is 14.4. The SMILES string of the molecule is NCC(NCc1ccccc1)c1cc(Cl)cc(Cl)c1. The van der Waals surface area contributed by atoms with Gasteiger partial charge in [-0.15, -0.1) is 0 Å². The highest BCUT2D eigenvalue weighted by Gasteiger charge is 2.10. The molecule has 0 aromatic heterocycles. The van der Waals surface area contributed by atoms with Crippen molar-refractivity contribution in [2.75, 3.05) is 6.54 Å². The van der Waals surface area contributed by atoms with Crippen molar-refractivity contribution in [2.45, 2.75) is 12.6 Å². The molecule has 0 aliphatic heterocycles. The van der Waals surface area contributed by atoms with Gasteiger partial charge in [0.25, 0.3) is 0 Å². The molecular weight excluding hydrogens is 279 g/mol. The van der Waals surface area contributed by atoms with Crippen molar-refractivity contribution in [2.24, 2.45) is 5.73 Å². The van der Waals surface area contributed by atoms with E-state index in [0.29, 0.717) is 16.6 Å². The lowest BCUT2D eigenvalue weighted by atomic mass is 10.1. The third-order valence-electron chi connectivity index (χ3n) is 2.92. The van der Waals surface area contributed by atoms with E-state index in [1.807, 2.05) is 30.3 Å². The Bertz CT molecular complexity index is 509. The fourth-order valence-electron chi connectivity index (χ4n) is 1.95. The molecule has 3 N–H and O–H groups in total. The number of hydrogen-bond donors (Lipinski definition) is 2. The van der Waals surface area contributed by atoms with Crippen LogP contribution in [0.1, 0.15) is 17.2 Å². The van der Waals surface area contributed by atoms with Crippen LogP contribution in [0, 0.1) is 0 Å². The largest absolute Gasteiger partial charge is 0.329 e.